The fourth-order valence-electron chi connectivity index (χ4n) is 0.335. The van der Waals surface area contributed by atoms with Gasteiger partial charge >= 0.3 is 6.09 Å². The van der Waals surface area contributed by atoms with Crippen molar-refractivity contribution in [2.24, 2.45) is 0 Å². The average Bonchev–Trinajstić information content (AvgIpc) is 1.63. The standard InChI is InChI=1S/C5H11NO3/c1-4(2)6-5(7)9-8-3/h4H,1-3H3,(H,6,7). The van der Waals surface area contributed by atoms with Crippen molar-refractivity contribution in [3.63, 3.8) is 0 Å². The summed E-state index contributed by atoms with van der Waals surface area (Å²) in [4.78, 5) is 18.6. The monoisotopic (exact) mass is 133 g/mol. The van der Waals surface area contributed by atoms with Crippen molar-refractivity contribution < 1.29 is 14.6 Å². The topological polar surface area (TPSA) is 47.6 Å². The molecule has 54 valence electrons. The van der Waals surface area contributed by atoms with Crippen molar-refractivity contribution in [2.45, 2.75) is 19.9 Å². The van der Waals surface area contributed by atoms with Gasteiger partial charge in [-0.1, -0.05) is 0 Å². The van der Waals surface area contributed by atoms with Gasteiger partial charge in [0.15, 0.2) is 0 Å². The highest BCUT2D eigenvalue weighted by Crippen LogP contribution is 1.80. The quantitative estimate of drug-likeness (QED) is 0.445. The molecule has 0 saturated heterocycles. The van der Waals surface area contributed by atoms with Crippen LogP contribution in [-0.4, -0.2) is 19.2 Å². The fraction of sp³-hybridized carbons (Fsp3) is 0.800. The molecule has 0 aromatic rings. The molecule has 4 heteroatoms. The van der Waals surface area contributed by atoms with Crippen LogP contribution in [0.1, 0.15) is 13.8 Å². The van der Waals surface area contributed by atoms with E-state index in [4.69, 9.17) is 0 Å². The molecule has 0 saturated carbocycles. The first-order valence-electron chi connectivity index (χ1n) is 2.68. The van der Waals surface area contributed by atoms with Crippen molar-refractivity contribution in [2.75, 3.05) is 7.11 Å². The molecule has 0 spiro atoms. The fourth-order valence-corrected chi connectivity index (χ4v) is 0.335. The van der Waals surface area contributed by atoms with Gasteiger partial charge in [-0.25, -0.2) is 4.79 Å². The first kappa shape index (κ1) is 8.23. The molecule has 0 heterocycles. The summed E-state index contributed by atoms with van der Waals surface area (Å²) in [6, 6.07) is 0.0765. The maximum atomic E-state index is 10.4. The van der Waals surface area contributed by atoms with Gasteiger partial charge in [0, 0.05) is 6.04 Å². The van der Waals surface area contributed by atoms with Crippen molar-refractivity contribution in [3.05, 3.63) is 0 Å². The van der Waals surface area contributed by atoms with E-state index in [1.54, 1.807) is 0 Å². The smallest absolute Gasteiger partial charge is 0.317 e. The summed E-state index contributed by atoms with van der Waals surface area (Å²) < 4.78 is 0. The highest BCUT2D eigenvalue weighted by molar-refractivity contribution is 5.66. The molecule has 0 aromatic carbocycles. The molecule has 4 nitrogen and oxygen atoms in total. The summed E-state index contributed by atoms with van der Waals surface area (Å²) in [6.45, 7) is 3.66. The lowest BCUT2D eigenvalue weighted by Gasteiger charge is -2.04. The Balaban J connectivity index is 3.27. The van der Waals surface area contributed by atoms with Crippen LogP contribution in [0.3, 0.4) is 0 Å². The van der Waals surface area contributed by atoms with E-state index in [-0.39, 0.29) is 6.04 Å². The van der Waals surface area contributed by atoms with E-state index in [1.165, 1.54) is 7.11 Å². The predicted octanol–water partition coefficient (Wildman–Crippen LogP) is 0.682. The van der Waals surface area contributed by atoms with Gasteiger partial charge in [-0.3, -0.25) is 4.89 Å². The summed E-state index contributed by atoms with van der Waals surface area (Å²) in [7, 11) is 1.28. The Morgan fingerprint density at radius 3 is 2.44 bits per heavy atom. The summed E-state index contributed by atoms with van der Waals surface area (Å²) in [5, 5.41) is 2.46. The average molecular weight is 133 g/mol. The Labute approximate surface area is 54.1 Å². The van der Waals surface area contributed by atoms with Gasteiger partial charge in [-0.15, -0.1) is 0 Å². The molecule has 0 rings (SSSR count). The van der Waals surface area contributed by atoms with E-state index in [0.29, 0.717) is 0 Å². The van der Waals surface area contributed by atoms with Crippen LogP contribution in [0, 0.1) is 0 Å². The van der Waals surface area contributed by atoms with Crippen molar-refractivity contribution in [1.82, 2.24) is 5.32 Å². The number of amides is 1. The predicted molar refractivity (Wildman–Crippen MR) is 31.8 cm³/mol. The molecule has 0 bridgehead atoms. The van der Waals surface area contributed by atoms with Crippen molar-refractivity contribution >= 4 is 6.09 Å². The maximum Gasteiger partial charge on any atom is 0.438 e. The zero-order chi connectivity index (χ0) is 7.28. The zero-order valence-electron chi connectivity index (χ0n) is 5.80. The van der Waals surface area contributed by atoms with Gasteiger partial charge in [-0.05, 0) is 13.8 Å². The zero-order valence-corrected chi connectivity index (χ0v) is 5.80. The van der Waals surface area contributed by atoms with Crippen LogP contribution in [0.5, 0.6) is 0 Å². The number of carbonyl (C=O) groups excluding carboxylic acids is 1. The number of nitrogens with one attached hydrogen (secondary N) is 1. The highest BCUT2D eigenvalue weighted by atomic mass is 17.2. The van der Waals surface area contributed by atoms with E-state index in [0.717, 1.165) is 0 Å². The minimum atomic E-state index is -0.563. The Morgan fingerprint density at radius 1 is 1.56 bits per heavy atom. The van der Waals surface area contributed by atoms with E-state index in [9.17, 15) is 4.79 Å². The minimum absolute atomic E-state index is 0.0765. The molecular formula is C5H11NO3. The normalized spacial score (nSPS) is 9.33. The van der Waals surface area contributed by atoms with Crippen LogP contribution in [-0.2, 0) is 9.78 Å². The SMILES string of the molecule is COOC(=O)NC(C)C. The molecule has 0 radical (unpaired) electrons. The highest BCUT2D eigenvalue weighted by Gasteiger charge is 2.01. The summed E-state index contributed by atoms with van der Waals surface area (Å²) >= 11 is 0. The molecule has 0 unspecified atom stereocenters. The van der Waals surface area contributed by atoms with Crippen LogP contribution in [0.15, 0.2) is 0 Å². The Kier molecular flexibility index (Phi) is 3.79. The molecule has 0 aromatic heterocycles. The minimum Gasteiger partial charge on any atom is -0.317 e. The molecule has 0 aliphatic carbocycles. The molecule has 0 fully saturated rings. The second kappa shape index (κ2) is 4.14. The second-order valence-electron chi connectivity index (χ2n) is 1.84. The molecule has 0 atom stereocenters. The first-order chi connectivity index (χ1) is 4.16. The lowest BCUT2D eigenvalue weighted by atomic mass is 10.4. The van der Waals surface area contributed by atoms with E-state index >= 15 is 0 Å². The van der Waals surface area contributed by atoms with Gasteiger partial charge in [0.1, 0.15) is 0 Å². The molecule has 9 heavy (non-hydrogen) atoms. The molecule has 1 N–H and O–H groups in total. The summed E-state index contributed by atoms with van der Waals surface area (Å²) in [5.41, 5.74) is 0. The van der Waals surface area contributed by atoms with Crippen LogP contribution >= 0.6 is 0 Å². The van der Waals surface area contributed by atoms with E-state index in [1.807, 2.05) is 13.8 Å². The maximum absolute atomic E-state index is 10.4. The summed E-state index contributed by atoms with van der Waals surface area (Å²) in [5.74, 6) is 0. The van der Waals surface area contributed by atoms with Crippen LogP contribution in [0.4, 0.5) is 4.79 Å². The van der Waals surface area contributed by atoms with Gasteiger partial charge in [-0.2, -0.15) is 4.89 Å². The van der Waals surface area contributed by atoms with Gasteiger partial charge in [0.05, 0.1) is 7.11 Å². The Morgan fingerprint density at radius 2 is 2.11 bits per heavy atom. The molecule has 0 aliphatic rings. The lowest BCUT2D eigenvalue weighted by Crippen LogP contribution is -2.30. The number of hydrogen-bond donors (Lipinski definition) is 1. The third kappa shape index (κ3) is 5.10. The second-order valence-corrected chi connectivity index (χ2v) is 1.84. The van der Waals surface area contributed by atoms with Crippen LogP contribution in [0.25, 0.3) is 0 Å². The lowest BCUT2D eigenvalue weighted by molar-refractivity contribution is -0.213. The number of carbonyl (C=O) groups is 1. The van der Waals surface area contributed by atoms with E-state index < -0.39 is 6.09 Å². The third-order valence-electron chi connectivity index (χ3n) is 0.566. The molecular weight excluding hydrogens is 122 g/mol. The van der Waals surface area contributed by atoms with E-state index in [2.05, 4.69) is 15.1 Å². The van der Waals surface area contributed by atoms with Gasteiger partial charge in [0.25, 0.3) is 0 Å². The molecule has 1 amide bonds. The largest absolute Gasteiger partial charge is 0.438 e. The molecule has 0 aliphatic heterocycles. The van der Waals surface area contributed by atoms with Crippen LogP contribution < -0.4 is 5.32 Å². The Bertz CT molecular complexity index is 92.2. The van der Waals surface area contributed by atoms with Gasteiger partial charge in [0.2, 0.25) is 0 Å². The van der Waals surface area contributed by atoms with Crippen molar-refractivity contribution in [1.29, 1.82) is 0 Å². The Hall–Kier alpha value is -0.770. The number of hydrogen-bond acceptors (Lipinski definition) is 3. The third-order valence-corrected chi connectivity index (χ3v) is 0.566. The first-order valence-corrected chi connectivity index (χ1v) is 2.68. The van der Waals surface area contributed by atoms with Crippen molar-refractivity contribution in [3.8, 4) is 0 Å². The van der Waals surface area contributed by atoms with Gasteiger partial charge < -0.3 is 5.32 Å². The summed E-state index contributed by atoms with van der Waals surface area (Å²) in [6.07, 6.45) is -0.563. The number of rotatable bonds is 2. The van der Waals surface area contributed by atoms with Crippen LogP contribution in [0.2, 0.25) is 0 Å².